The summed E-state index contributed by atoms with van der Waals surface area (Å²) < 4.78 is 24.9. The zero-order valence-electron chi connectivity index (χ0n) is 7.17. The monoisotopic (exact) mass is 266 g/mol. The molecule has 0 unspecified atom stereocenters. The summed E-state index contributed by atoms with van der Waals surface area (Å²) in [5.74, 6) is 0.162. The molecule has 1 aromatic heterocycles. The fraction of sp³-hybridized carbons (Fsp3) is 0.375. The summed E-state index contributed by atoms with van der Waals surface area (Å²) in [6.07, 6.45) is -1.65. The molecule has 3 nitrogen and oxygen atoms in total. The minimum atomic E-state index is -2.65. The molecule has 3 N–H and O–H groups in total. The van der Waals surface area contributed by atoms with Crippen molar-refractivity contribution in [2.24, 2.45) is 0 Å². The van der Waals surface area contributed by atoms with E-state index in [1.54, 1.807) is 0 Å². The fourth-order valence-corrected chi connectivity index (χ4v) is 1.77. The van der Waals surface area contributed by atoms with Gasteiger partial charge in [-0.05, 0) is 5.56 Å². The highest BCUT2D eigenvalue weighted by atomic mass is 79.9. The third-order valence-electron chi connectivity index (χ3n) is 1.89. The van der Waals surface area contributed by atoms with E-state index < -0.39 is 13.0 Å². The predicted octanol–water partition coefficient (Wildman–Crippen LogP) is 1.99. The Morgan fingerprint density at radius 1 is 1.50 bits per heavy atom. The zero-order valence-corrected chi connectivity index (χ0v) is 8.76. The highest BCUT2D eigenvalue weighted by molar-refractivity contribution is 9.08. The summed E-state index contributed by atoms with van der Waals surface area (Å²) in [6.45, 7) is -0.465. The molecular formula is C8H9BrF2N2O. The Kier molecular flexibility index (Phi) is 3.77. The van der Waals surface area contributed by atoms with E-state index in [0.29, 0.717) is 10.9 Å². The number of rotatable bonds is 3. The van der Waals surface area contributed by atoms with E-state index in [-0.39, 0.29) is 16.9 Å². The molecule has 0 radical (unpaired) electrons. The number of halogens is 3. The van der Waals surface area contributed by atoms with Crippen molar-refractivity contribution in [3.8, 4) is 0 Å². The molecule has 1 heterocycles. The quantitative estimate of drug-likeness (QED) is 0.823. The van der Waals surface area contributed by atoms with Crippen LogP contribution in [0.5, 0.6) is 0 Å². The third kappa shape index (κ3) is 2.01. The summed E-state index contributed by atoms with van der Waals surface area (Å²) in [4.78, 5) is 3.64. The van der Waals surface area contributed by atoms with Crippen LogP contribution >= 0.6 is 15.9 Å². The number of pyridine rings is 1. The fourth-order valence-electron chi connectivity index (χ4n) is 1.15. The lowest BCUT2D eigenvalue weighted by Gasteiger charge is -2.11. The first-order valence-electron chi connectivity index (χ1n) is 3.82. The van der Waals surface area contributed by atoms with Crippen LogP contribution in [0, 0.1) is 0 Å². The van der Waals surface area contributed by atoms with Crippen LogP contribution < -0.4 is 5.73 Å². The Labute approximate surface area is 88.1 Å². The van der Waals surface area contributed by atoms with Crippen LogP contribution in [0.2, 0.25) is 0 Å². The number of hydrogen-bond donors (Lipinski definition) is 2. The van der Waals surface area contributed by atoms with E-state index in [1.165, 1.54) is 0 Å². The van der Waals surface area contributed by atoms with Gasteiger partial charge in [0.2, 0.25) is 0 Å². The van der Waals surface area contributed by atoms with Crippen molar-refractivity contribution in [3.63, 3.8) is 0 Å². The van der Waals surface area contributed by atoms with Gasteiger partial charge in [-0.25, -0.2) is 13.8 Å². The van der Waals surface area contributed by atoms with Crippen molar-refractivity contribution in [1.82, 2.24) is 4.98 Å². The topological polar surface area (TPSA) is 59.1 Å². The number of anilines is 1. The van der Waals surface area contributed by atoms with Crippen LogP contribution in [-0.4, -0.2) is 10.1 Å². The Morgan fingerprint density at radius 3 is 2.57 bits per heavy atom. The van der Waals surface area contributed by atoms with Gasteiger partial charge in [-0.1, -0.05) is 15.9 Å². The van der Waals surface area contributed by atoms with Gasteiger partial charge in [0.25, 0.3) is 6.43 Å². The standard InChI is InChI=1S/C8H9BrF2N2O/c9-1-4-6(3-14)5(7(10)11)2-13-8(4)12/h2,7,14H,1,3H2,(H2,12,13). The molecule has 1 aromatic rings. The van der Waals surface area contributed by atoms with E-state index in [9.17, 15) is 8.78 Å². The first-order valence-corrected chi connectivity index (χ1v) is 4.95. The Balaban J connectivity index is 3.33. The Bertz CT molecular complexity index is 333. The van der Waals surface area contributed by atoms with E-state index >= 15 is 0 Å². The van der Waals surface area contributed by atoms with Crippen molar-refractivity contribution in [2.45, 2.75) is 18.4 Å². The van der Waals surface area contributed by atoms with Gasteiger partial charge in [-0.2, -0.15) is 0 Å². The minimum Gasteiger partial charge on any atom is -0.392 e. The lowest BCUT2D eigenvalue weighted by atomic mass is 10.1. The van der Waals surface area contributed by atoms with Gasteiger partial charge in [0.1, 0.15) is 5.82 Å². The van der Waals surface area contributed by atoms with Crippen LogP contribution in [0.1, 0.15) is 23.1 Å². The Hall–Kier alpha value is -0.750. The molecule has 6 heteroatoms. The number of nitrogen functional groups attached to an aromatic ring is 1. The summed E-state index contributed by atoms with van der Waals surface area (Å²) in [5, 5.41) is 9.26. The normalized spacial score (nSPS) is 10.9. The van der Waals surface area contributed by atoms with Crippen LogP contribution in [0.3, 0.4) is 0 Å². The van der Waals surface area contributed by atoms with E-state index in [4.69, 9.17) is 10.8 Å². The maximum atomic E-state index is 12.5. The van der Waals surface area contributed by atoms with Crippen LogP contribution in [0.15, 0.2) is 6.20 Å². The summed E-state index contributed by atoms with van der Waals surface area (Å²) >= 11 is 3.11. The minimum absolute atomic E-state index is 0.157. The van der Waals surface area contributed by atoms with Gasteiger partial charge >= 0.3 is 0 Å². The highest BCUT2D eigenvalue weighted by Crippen LogP contribution is 2.28. The van der Waals surface area contributed by atoms with E-state index in [0.717, 1.165) is 6.20 Å². The molecule has 0 aliphatic rings. The van der Waals surface area contributed by atoms with Crippen molar-refractivity contribution in [3.05, 3.63) is 22.9 Å². The van der Waals surface area contributed by atoms with Gasteiger partial charge in [0.05, 0.1) is 6.61 Å². The summed E-state index contributed by atoms with van der Waals surface area (Å²) in [5.41, 5.74) is 5.79. The van der Waals surface area contributed by atoms with Gasteiger partial charge in [-0.3, -0.25) is 0 Å². The number of nitrogens with zero attached hydrogens (tertiary/aromatic N) is 1. The average molecular weight is 267 g/mol. The molecule has 78 valence electrons. The second kappa shape index (κ2) is 4.65. The Morgan fingerprint density at radius 2 is 2.14 bits per heavy atom. The van der Waals surface area contributed by atoms with Gasteiger partial charge in [0.15, 0.2) is 0 Å². The van der Waals surface area contributed by atoms with Gasteiger partial charge in [-0.15, -0.1) is 0 Å². The maximum Gasteiger partial charge on any atom is 0.265 e. The SMILES string of the molecule is Nc1ncc(C(F)F)c(CO)c1CBr. The van der Waals surface area contributed by atoms with Gasteiger partial charge < -0.3 is 10.8 Å². The molecule has 0 aliphatic carbocycles. The van der Waals surface area contributed by atoms with Crippen LogP contribution in [0.25, 0.3) is 0 Å². The van der Waals surface area contributed by atoms with Crippen molar-refractivity contribution < 1.29 is 13.9 Å². The lowest BCUT2D eigenvalue weighted by Crippen LogP contribution is -2.06. The highest BCUT2D eigenvalue weighted by Gasteiger charge is 2.17. The molecule has 0 spiro atoms. The van der Waals surface area contributed by atoms with E-state index in [2.05, 4.69) is 20.9 Å². The molecule has 0 aliphatic heterocycles. The number of aliphatic hydroxyl groups is 1. The summed E-state index contributed by atoms with van der Waals surface area (Å²) in [7, 11) is 0. The molecule has 0 saturated heterocycles. The second-order valence-electron chi connectivity index (χ2n) is 2.65. The number of alkyl halides is 3. The smallest absolute Gasteiger partial charge is 0.265 e. The van der Waals surface area contributed by atoms with Crippen LogP contribution in [0.4, 0.5) is 14.6 Å². The largest absolute Gasteiger partial charge is 0.392 e. The van der Waals surface area contributed by atoms with Crippen molar-refractivity contribution in [1.29, 1.82) is 0 Å². The second-order valence-corrected chi connectivity index (χ2v) is 3.21. The first-order chi connectivity index (χ1) is 6.61. The number of aliphatic hydroxyl groups excluding tert-OH is 1. The molecule has 0 bridgehead atoms. The first kappa shape index (κ1) is 11.3. The number of nitrogens with two attached hydrogens (primary N) is 1. The molecule has 0 amide bonds. The van der Waals surface area contributed by atoms with Crippen molar-refractivity contribution in [2.75, 3.05) is 5.73 Å². The predicted molar refractivity (Wildman–Crippen MR) is 52.2 cm³/mol. The van der Waals surface area contributed by atoms with E-state index in [1.807, 2.05) is 0 Å². The zero-order chi connectivity index (χ0) is 10.7. The molecule has 0 saturated carbocycles. The molecule has 0 atom stereocenters. The molecule has 1 rings (SSSR count). The van der Waals surface area contributed by atoms with Crippen LogP contribution in [-0.2, 0) is 11.9 Å². The van der Waals surface area contributed by atoms with Gasteiger partial charge in [0, 0.05) is 22.7 Å². The summed E-state index contributed by atoms with van der Waals surface area (Å²) in [6, 6.07) is 0. The number of aromatic nitrogens is 1. The molecular weight excluding hydrogens is 258 g/mol. The third-order valence-corrected chi connectivity index (χ3v) is 2.45. The van der Waals surface area contributed by atoms with Crippen molar-refractivity contribution >= 4 is 21.7 Å². The maximum absolute atomic E-state index is 12.5. The molecule has 14 heavy (non-hydrogen) atoms. The molecule has 0 aromatic carbocycles. The number of hydrogen-bond acceptors (Lipinski definition) is 3. The molecule has 0 fully saturated rings. The lowest BCUT2D eigenvalue weighted by molar-refractivity contribution is 0.146. The average Bonchev–Trinajstić information content (AvgIpc) is 2.16.